The van der Waals surface area contributed by atoms with Gasteiger partial charge in [-0.25, -0.2) is 0 Å². The summed E-state index contributed by atoms with van der Waals surface area (Å²) in [7, 11) is 0. The van der Waals surface area contributed by atoms with Crippen molar-refractivity contribution < 1.29 is 0 Å². The van der Waals surface area contributed by atoms with Gasteiger partial charge in [0.1, 0.15) is 0 Å². The first-order chi connectivity index (χ1) is 10.2. The van der Waals surface area contributed by atoms with Gasteiger partial charge in [0.2, 0.25) is 0 Å². The van der Waals surface area contributed by atoms with E-state index < -0.39 is 0 Å². The molecule has 0 aliphatic carbocycles. The highest BCUT2D eigenvalue weighted by atomic mass is 35.5. The highest BCUT2D eigenvalue weighted by Crippen LogP contribution is 2.28. The fourth-order valence-electron chi connectivity index (χ4n) is 2.71. The van der Waals surface area contributed by atoms with Crippen LogP contribution >= 0.6 is 22.9 Å². The van der Waals surface area contributed by atoms with E-state index in [4.69, 9.17) is 17.3 Å². The number of aryl methyl sites for hydroxylation is 2. The molecule has 2 aromatic rings. The first kappa shape index (κ1) is 16.5. The number of nitrogens with two attached hydrogens (primary N) is 1. The van der Waals surface area contributed by atoms with Crippen molar-refractivity contribution in [3.05, 3.63) is 56.3 Å². The second kappa shape index (κ2) is 7.98. The summed E-state index contributed by atoms with van der Waals surface area (Å²) >= 11 is 7.84. The fourth-order valence-corrected chi connectivity index (χ4v) is 3.93. The number of halogens is 1. The van der Waals surface area contributed by atoms with Crippen LogP contribution in [-0.4, -0.2) is 6.54 Å². The van der Waals surface area contributed by atoms with Crippen LogP contribution in [0.25, 0.3) is 0 Å². The van der Waals surface area contributed by atoms with E-state index in [1.807, 2.05) is 11.3 Å². The molecule has 0 spiro atoms. The van der Waals surface area contributed by atoms with Gasteiger partial charge in [0.15, 0.2) is 0 Å². The zero-order valence-corrected chi connectivity index (χ0v) is 14.5. The highest BCUT2D eigenvalue weighted by Gasteiger charge is 2.11. The largest absolute Gasteiger partial charge is 0.330 e. The van der Waals surface area contributed by atoms with Crippen molar-refractivity contribution in [2.24, 2.45) is 5.73 Å². The lowest BCUT2D eigenvalue weighted by molar-refractivity contribution is 0.936. The Balaban J connectivity index is 2.31. The summed E-state index contributed by atoms with van der Waals surface area (Å²) in [5.41, 5.74) is 11.4. The molecule has 21 heavy (non-hydrogen) atoms. The summed E-state index contributed by atoms with van der Waals surface area (Å²) in [6.07, 6.45) is 4.11. The molecule has 0 aliphatic rings. The average Bonchev–Trinajstić information content (AvgIpc) is 2.91. The summed E-state index contributed by atoms with van der Waals surface area (Å²) in [5, 5.41) is 0. The second-order valence-corrected chi connectivity index (χ2v) is 6.81. The number of hydrogen-bond acceptors (Lipinski definition) is 2. The monoisotopic (exact) mass is 321 g/mol. The Hall–Kier alpha value is -0.830. The molecule has 0 saturated heterocycles. The zero-order chi connectivity index (χ0) is 15.2. The average molecular weight is 322 g/mol. The minimum Gasteiger partial charge on any atom is -0.330 e. The lowest BCUT2D eigenvalue weighted by Crippen LogP contribution is -2.06. The van der Waals surface area contributed by atoms with Crippen LogP contribution in [0.2, 0.25) is 0 Å². The summed E-state index contributed by atoms with van der Waals surface area (Å²) in [6, 6.07) is 9.12. The Morgan fingerprint density at radius 1 is 1.05 bits per heavy atom. The maximum Gasteiger partial charge on any atom is 0.0568 e. The normalized spacial score (nSPS) is 11.0. The van der Waals surface area contributed by atoms with Gasteiger partial charge in [-0.2, -0.15) is 0 Å². The number of benzene rings is 1. The smallest absolute Gasteiger partial charge is 0.0568 e. The summed E-state index contributed by atoms with van der Waals surface area (Å²) in [6.45, 7) is 5.12. The van der Waals surface area contributed by atoms with Crippen molar-refractivity contribution in [1.82, 2.24) is 0 Å². The maximum absolute atomic E-state index is 5.99. The molecule has 114 valence electrons. The van der Waals surface area contributed by atoms with Crippen LogP contribution in [0.1, 0.15) is 45.9 Å². The van der Waals surface area contributed by atoms with Crippen LogP contribution in [0.3, 0.4) is 0 Å². The van der Waals surface area contributed by atoms with Gasteiger partial charge in [-0.05, 0) is 60.5 Å². The quantitative estimate of drug-likeness (QED) is 0.735. The first-order valence-electron chi connectivity index (χ1n) is 7.68. The predicted octanol–water partition coefficient (Wildman–Crippen LogP) is 4.70. The van der Waals surface area contributed by atoms with E-state index in [-0.39, 0.29) is 0 Å². The Kier molecular flexibility index (Phi) is 6.28. The summed E-state index contributed by atoms with van der Waals surface area (Å²) in [5.74, 6) is 0.613. The number of hydrogen-bond donors (Lipinski definition) is 1. The predicted molar refractivity (Wildman–Crippen MR) is 94.6 cm³/mol. The van der Waals surface area contributed by atoms with Crippen molar-refractivity contribution in [3.63, 3.8) is 0 Å². The molecule has 0 radical (unpaired) electrons. The van der Waals surface area contributed by atoms with Crippen LogP contribution in [-0.2, 0) is 31.6 Å². The first-order valence-corrected chi connectivity index (χ1v) is 9.04. The Bertz CT molecular complexity index is 589. The van der Waals surface area contributed by atoms with Gasteiger partial charge in [0.25, 0.3) is 0 Å². The molecule has 3 heteroatoms. The molecule has 0 fully saturated rings. The number of thiophene rings is 1. The molecule has 0 amide bonds. The Labute approximate surface area is 137 Å². The molecule has 2 N–H and O–H groups in total. The van der Waals surface area contributed by atoms with Crippen molar-refractivity contribution in [2.75, 3.05) is 6.54 Å². The van der Waals surface area contributed by atoms with Crippen LogP contribution in [0, 0.1) is 0 Å². The van der Waals surface area contributed by atoms with Crippen molar-refractivity contribution in [2.45, 2.75) is 45.4 Å². The zero-order valence-electron chi connectivity index (χ0n) is 12.9. The lowest BCUT2D eigenvalue weighted by atomic mass is 9.95. The molecular formula is C18H24ClNS. The topological polar surface area (TPSA) is 26.0 Å². The molecule has 0 saturated carbocycles. The molecule has 0 aliphatic heterocycles. The van der Waals surface area contributed by atoms with E-state index in [0.29, 0.717) is 12.4 Å². The van der Waals surface area contributed by atoms with Gasteiger partial charge in [0, 0.05) is 9.75 Å². The SMILES string of the molecule is CCc1ccc(Cc2cc(CCl)sc2CC)c(CCN)c1. The van der Waals surface area contributed by atoms with Gasteiger partial charge in [0.05, 0.1) is 5.88 Å². The highest BCUT2D eigenvalue weighted by molar-refractivity contribution is 7.12. The number of rotatable bonds is 7. The molecule has 2 rings (SSSR count). The van der Waals surface area contributed by atoms with Crippen molar-refractivity contribution in [3.8, 4) is 0 Å². The molecule has 1 heterocycles. The second-order valence-electron chi connectivity index (χ2n) is 5.32. The molecule has 1 aromatic heterocycles. The summed E-state index contributed by atoms with van der Waals surface area (Å²) in [4.78, 5) is 2.73. The van der Waals surface area contributed by atoms with Gasteiger partial charge in [-0.1, -0.05) is 32.0 Å². The van der Waals surface area contributed by atoms with E-state index in [0.717, 1.165) is 25.7 Å². The van der Waals surface area contributed by atoms with E-state index in [9.17, 15) is 0 Å². The van der Waals surface area contributed by atoms with Gasteiger partial charge in [-0.3, -0.25) is 0 Å². The minimum absolute atomic E-state index is 0.613. The van der Waals surface area contributed by atoms with E-state index in [1.54, 1.807) is 0 Å². The third kappa shape index (κ3) is 4.09. The van der Waals surface area contributed by atoms with Crippen LogP contribution < -0.4 is 5.73 Å². The third-order valence-corrected chi connectivity index (χ3v) is 5.64. The van der Waals surface area contributed by atoms with E-state index in [1.165, 1.54) is 32.0 Å². The third-order valence-electron chi connectivity index (χ3n) is 3.87. The standard InChI is InChI=1S/C18H24ClNS/c1-3-13-5-6-14(15(9-13)7-8-20)10-16-11-17(12-19)21-18(16)4-2/h5-6,9,11H,3-4,7-8,10,12,20H2,1-2H3. The van der Waals surface area contributed by atoms with Crippen molar-refractivity contribution >= 4 is 22.9 Å². The fraction of sp³-hybridized carbons (Fsp3) is 0.444. The molecule has 0 atom stereocenters. The van der Waals surface area contributed by atoms with Gasteiger partial charge >= 0.3 is 0 Å². The maximum atomic E-state index is 5.99. The van der Waals surface area contributed by atoms with E-state index in [2.05, 4.69) is 38.1 Å². The van der Waals surface area contributed by atoms with E-state index >= 15 is 0 Å². The van der Waals surface area contributed by atoms with Gasteiger partial charge in [-0.15, -0.1) is 22.9 Å². The molecule has 0 unspecified atom stereocenters. The molecular weight excluding hydrogens is 298 g/mol. The van der Waals surface area contributed by atoms with Crippen LogP contribution in [0.15, 0.2) is 24.3 Å². The Morgan fingerprint density at radius 2 is 1.86 bits per heavy atom. The lowest BCUT2D eigenvalue weighted by Gasteiger charge is -2.11. The molecule has 0 bridgehead atoms. The minimum atomic E-state index is 0.613. The number of alkyl halides is 1. The Morgan fingerprint density at radius 3 is 2.48 bits per heavy atom. The summed E-state index contributed by atoms with van der Waals surface area (Å²) < 4.78 is 0. The van der Waals surface area contributed by atoms with Gasteiger partial charge < -0.3 is 5.73 Å². The molecule has 1 nitrogen and oxygen atoms in total. The van der Waals surface area contributed by atoms with Crippen LogP contribution in [0.4, 0.5) is 0 Å². The van der Waals surface area contributed by atoms with Crippen LogP contribution in [0.5, 0.6) is 0 Å². The molecule has 1 aromatic carbocycles. The van der Waals surface area contributed by atoms with Crippen molar-refractivity contribution in [1.29, 1.82) is 0 Å².